The van der Waals surface area contributed by atoms with E-state index in [-0.39, 0.29) is 18.3 Å². The minimum atomic E-state index is -5.08. The predicted molar refractivity (Wildman–Crippen MR) is 119 cm³/mol. The Labute approximate surface area is 201 Å². The second kappa shape index (κ2) is 15.0. The van der Waals surface area contributed by atoms with Crippen LogP contribution in [0.1, 0.15) is 49.9 Å². The molecule has 196 valence electrons. The Bertz CT molecular complexity index is 839. The molecule has 1 fully saturated rings. The largest absolute Gasteiger partial charge is 0.490 e. The number of piperidine rings is 1. The zero-order valence-electron chi connectivity index (χ0n) is 19.7. The molecule has 2 rings (SSSR count). The van der Waals surface area contributed by atoms with E-state index in [9.17, 15) is 27.6 Å². The lowest BCUT2D eigenvalue weighted by molar-refractivity contribution is -0.192. The highest BCUT2D eigenvalue weighted by Gasteiger charge is 2.38. The number of benzene rings is 1. The van der Waals surface area contributed by atoms with Gasteiger partial charge in [0.15, 0.2) is 12.4 Å². The van der Waals surface area contributed by atoms with Gasteiger partial charge in [-0.2, -0.15) is 13.2 Å². The van der Waals surface area contributed by atoms with Gasteiger partial charge in [0, 0.05) is 12.0 Å². The van der Waals surface area contributed by atoms with Crippen molar-refractivity contribution in [1.29, 1.82) is 0 Å². The number of rotatable bonds is 10. The van der Waals surface area contributed by atoms with Crippen molar-refractivity contribution in [1.82, 2.24) is 10.6 Å². The van der Waals surface area contributed by atoms with Crippen LogP contribution in [0, 0.1) is 5.92 Å². The van der Waals surface area contributed by atoms with Crippen LogP contribution in [0.4, 0.5) is 13.2 Å². The summed E-state index contributed by atoms with van der Waals surface area (Å²) in [5.41, 5.74) is 0.481. The highest BCUT2D eigenvalue weighted by molar-refractivity contribution is 6.01. The molecule has 1 heterocycles. The Hall–Kier alpha value is -3.15. The monoisotopic (exact) mass is 504 g/mol. The van der Waals surface area contributed by atoms with Crippen molar-refractivity contribution < 1.29 is 46.9 Å². The van der Waals surface area contributed by atoms with E-state index in [0.717, 1.165) is 32.4 Å². The number of nitrogens with one attached hydrogen (secondary N) is 2. The first-order valence-electron chi connectivity index (χ1n) is 11.2. The van der Waals surface area contributed by atoms with Crippen LogP contribution in [0.25, 0.3) is 0 Å². The van der Waals surface area contributed by atoms with Gasteiger partial charge in [0.25, 0.3) is 0 Å². The maximum atomic E-state index is 12.5. The number of carboxylic acid groups (broad SMARTS) is 1. The molecule has 1 atom stereocenters. The van der Waals surface area contributed by atoms with Gasteiger partial charge in [-0.3, -0.25) is 9.59 Å². The maximum Gasteiger partial charge on any atom is 0.490 e. The molecule has 35 heavy (non-hydrogen) atoms. The van der Waals surface area contributed by atoms with Crippen molar-refractivity contribution in [2.45, 2.75) is 51.7 Å². The zero-order valence-corrected chi connectivity index (χ0v) is 19.7. The van der Waals surface area contributed by atoms with Crippen LogP contribution in [0.15, 0.2) is 24.3 Å². The molecule has 0 aromatic heterocycles. The number of carboxylic acids is 1. The van der Waals surface area contributed by atoms with E-state index in [1.807, 2.05) is 0 Å². The Morgan fingerprint density at radius 3 is 2.23 bits per heavy atom. The van der Waals surface area contributed by atoms with Crippen molar-refractivity contribution in [2.24, 2.45) is 5.92 Å². The summed E-state index contributed by atoms with van der Waals surface area (Å²) in [6.07, 6.45) is -1.57. The molecule has 1 aliphatic heterocycles. The maximum absolute atomic E-state index is 12.5. The minimum absolute atomic E-state index is 0.0891. The molecule has 0 aliphatic carbocycles. The van der Waals surface area contributed by atoms with E-state index in [1.54, 1.807) is 38.1 Å². The molecule has 1 aromatic rings. The Morgan fingerprint density at radius 1 is 1.14 bits per heavy atom. The van der Waals surface area contributed by atoms with Crippen molar-refractivity contribution in [3.05, 3.63) is 29.8 Å². The lowest BCUT2D eigenvalue weighted by Gasteiger charge is -2.22. The third kappa shape index (κ3) is 12.2. The third-order valence-electron chi connectivity index (χ3n) is 5.05. The zero-order chi connectivity index (χ0) is 26.4. The van der Waals surface area contributed by atoms with Crippen LogP contribution in [0.2, 0.25) is 0 Å². The number of amides is 1. The summed E-state index contributed by atoms with van der Waals surface area (Å²) in [7, 11) is 0. The Morgan fingerprint density at radius 2 is 1.71 bits per heavy atom. The number of hydrogen-bond donors (Lipinski definition) is 3. The number of alkyl halides is 3. The number of carbonyl (C=O) groups is 4. The number of ether oxygens (including phenoxy) is 2. The van der Waals surface area contributed by atoms with Crippen LogP contribution in [-0.4, -0.2) is 67.3 Å². The molecule has 1 saturated heterocycles. The number of ketones is 1. The lowest BCUT2D eigenvalue weighted by atomic mass is 9.93. The standard InChI is InChI=1S/C21H30N2O5.C2HF3O2/c1-3-27-20(25)14-28-18-7-5-17(6-8-18)21(26)15(2)23-19(24)9-4-16-10-12-22-13-11-16;3-2(4,5)1(6)7/h5-8,15-16,22H,3-4,9-14H2,1-2H3,(H,23,24);(H,6,7)/t15-;/m0./s1. The SMILES string of the molecule is CCOC(=O)COc1ccc(C(=O)[C@H](C)NC(=O)CCC2CCNCC2)cc1.O=C(O)C(F)(F)F. The molecular formula is C23H31F3N2O7. The summed E-state index contributed by atoms with van der Waals surface area (Å²) in [5.74, 6) is -2.39. The first-order valence-corrected chi connectivity index (χ1v) is 11.2. The molecule has 1 aromatic carbocycles. The molecule has 0 bridgehead atoms. The summed E-state index contributed by atoms with van der Waals surface area (Å²) < 4.78 is 41.8. The molecule has 0 saturated carbocycles. The normalized spacial score (nSPS) is 14.7. The van der Waals surface area contributed by atoms with E-state index in [2.05, 4.69) is 10.6 Å². The third-order valence-corrected chi connectivity index (χ3v) is 5.05. The minimum Gasteiger partial charge on any atom is -0.482 e. The van der Waals surface area contributed by atoms with Crippen LogP contribution < -0.4 is 15.4 Å². The van der Waals surface area contributed by atoms with Gasteiger partial charge in [-0.1, -0.05) is 0 Å². The smallest absolute Gasteiger partial charge is 0.482 e. The molecule has 1 aliphatic rings. The fraction of sp³-hybridized carbons (Fsp3) is 0.565. The topological polar surface area (TPSA) is 131 Å². The van der Waals surface area contributed by atoms with Gasteiger partial charge in [0.1, 0.15) is 5.75 Å². The summed E-state index contributed by atoms with van der Waals surface area (Å²) in [6, 6.07) is 5.91. The van der Waals surface area contributed by atoms with Gasteiger partial charge in [0.2, 0.25) is 5.91 Å². The number of Topliss-reactive ketones (excluding diaryl/α,β-unsaturated/α-hetero) is 1. The van der Waals surface area contributed by atoms with Crippen molar-refractivity contribution in [2.75, 3.05) is 26.3 Å². The lowest BCUT2D eigenvalue weighted by Crippen LogP contribution is -2.38. The summed E-state index contributed by atoms with van der Waals surface area (Å²) in [4.78, 5) is 44.8. The fourth-order valence-corrected chi connectivity index (χ4v) is 3.20. The Kier molecular flexibility index (Phi) is 12.8. The number of carbonyl (C=O) groups excluding carboxylic acids is 3. The van der Waals surface area contributed by atoms with Crippen molar-refractivity contribution in [3.63, 3.8) is 0 Å². The van der Waals surface area contributed by atoms with Gasteiger partial charge in [-0.15, -0.1) is 0 Å². The molecule has 0 spiro atoms. The van der Waals surface area contributed by atoms with E-state index in [4.69, 9.17) is 19.4 Å². The number of esters is 1. The summed E-state index contributed by atoms with van der Waals surface area (Å²) in [6.45, 7) is 5.57. The molecule has 9 nitrogen and oxygen atoms in total. The van der Waals surface area contributed by atoms with Gasteiger partial charge in [-0.05, 0) is 76.4 Å². The number of halogens is 3. The first kappa shape index (κ1) is 29.9. The van der Waals surface area contributed by atoms with Crippen LogP contribution in [-0.2, 0) is 19.1 Å². The van der Waals surface area contributed by atoms with Gasteiger partial charge < -0.3 is 25.2 Å². The summed E-state index contributed by atoms with van der Waals surface area (Å²) in [5, 5.41) is 13.2. The quantitative estimate of drug-likeness (QED) is 0.328. The first-order chi connectivity index (χ1) is 16.4. The number of hydrogen-bond acceptors (Lipinski definition) is 7. The van der Waals surface area contributed by atoms with Crippen molar-refractivity contribution >= 4 is 23.6 Å². The molecule has 0 unspecified atom stereocenters. The highest BCUT2D eigenvalue weighted by atomic mass is 19.4. The summed E-state index contributed by atoms with van der Waals surface area (Å²) >= 11 is 0. The molecule has 12 heteroatoms. The average molecular weight is 505 g/mol. The van der Waals surface area contributed by atoms with E-state index < -0.39 is 24.2 Å². The molecule has 1 amide bonds. The van der Waals surface area contributed by atoms with Gasteiger partial charge >= 0.3 is 18.1 Å². The molecule has 3 N–H and O–H groups in total. The Balaban J connectivity index is 0.000000762. The van der Waals surface area contributed by atoms with Crippen LogP contribution in [0.5, 0.6) is 5.75 Å². The second-order valence-corrected chi connectivity index (χ2v) is 7.81. The van der Waals surface area contributed by atoms with Gasteiger partial charge in [0.05, 0.1) is 12.6 Å². The number of aliphatic carboxylic acids is 1. The van der Waals surface area contributed by atoms with E-state index in [0.29, 0.717) is 30.3 Å². The average Bonchev–Trinajstić information content (AvgIpc) is 2.82. The highest BCUT2D eigenvalue weighted by Crippen LogP contribution is 2.18. The second-order valence-electron chi connectivity index (χ2n) is 7.81. The molecule has 0 radical (unpaired) electrons. The fourth-order valence-electron chi connectivity index (χ4n) is 3.20. The van der Waals surface area contributed by atoms with E-state index in [1.165, 1.54) is 0 Å². The van der Waals surface area contributed by atoms with Crippen LogP contribution in [0.3, 0.4) is 0 Å². The van der Waals surface area contributed by atoms with Crippen LogP contribution >= 0.6 is 0 Å². The van der Waals surface area contributed by atoms with Crippen molar-refractivity contribution in [3.8, 4) is 5.75 Å². The molecular weight excluding hydrogens is 473 g/mol. The van der Waals surface area contributed by atoms with E-state index >= 15 is 0 Å². The predicted octanol–water partition coefficient (Wildman–Crippen LogP) is 2.73. The van der Waals surface area contributed by atoms with Gasteiger partial charge in [-0.25, -0.2) is 9.59 Å².